The lowest BCUT2D eigenvalue weighted by atomic mass is 10.00. The van der Waals surface area contributed by atoms with Crippen LogP contribution in [0.1, 0.15) is 32.0 Å². The van der Waals surface area contributed by atoms with Crippen molar-refractivity contribution in [1.82, 2.24) is 4.98 Å². The van der Waals surface area contributed by atoms with Crippen molar-refractivity contribution < 1.29 is 9.90 Å². The highest BCUT2D eigenvalue weighted by atomic mass is 16.3. The second kappa shape index (κ2) is 5.75. The Hall–Kier alpha value is -1.22. The zero-order valence-electron chi connectivity index (χ0n) is 10.1. The molecule has 0 saturated heterocycles. The smallest absolute Gasteiger partial charge is 0.167 e. The number of pyridine rings is 1. The van der Waals surface area contributed by atoms with Gasteiger partial charge in [-0.2, -0.15) is 0 Å². The van der Waals surface area contributed by atoms with Crippen LogP contribution in [0.2, 0.25) is 0 Å². The van der Waals surface area contributed by atoms with Crippen molar-refractivity contribution in [3.8, 4) is 0 Å². The molecule has 1 N–H and O–H groups in total. The SMILES string of the molecule is CCc1ccc(CC(=O)C(O)C(C)C)nc1. The average Bonchev–Trinajstić information content (AvgIpc) is 2.28. The largest absolute Gasteiger partial charge is 0.385 e. The first-order valence-corrected chi connectivity index (χ1v) is 5.69. The fourth-order valence-electron chi connectivity index (χ4n) is 1.42. The fourth-order valence-corrected chi connectivity index (χ4v) is 1.42. The van der Waals surface area contributed by atoms with E-state index >= 15 is 0 Å². The maximum atomic E-state index is 11.6. The van der Waals surface area contributed by atoms with E-state index in [1.165, 1.54) is 0 Å². The molecule has 0 aliphatic rings. The quantitative estimate of drug-likeness (QED) is 0.824. The first kappa shape index (κ1) is 12.8. The van der Waals surface area contributed by atoms with E-state index in [1.54, 1.807) is 6.20 Å². The molecular formula is C13H19NO2. The molecule has 0 aromatic carbocycles. The molecule has 0 amide bonds. The van der Waals surface area contributed by atoms with E-state index in [4.69, 9.17) is 0 Å². The van der Waals surface area contributed by atoms with Crippen LogP contribution >= 0.6 is 0 Å². The standard InChI is InChI=1S/C13H19NO2/c1-4-10-5-6-11(14-8-10)7-12(15)13(16)9(2)3/h5-6,8-9,13,16H,4,7H2,1-3H3. The van der Waals surface area contributed by atoms with Gasteiger partial charge in [0.15, 0.2) is 5.78 Å². The lowest BCUT2D eigenvalue weighted by molar-refractivity contribution is -0.128. The highest BCUT2D eigenvalue weighted by Gasteiger charge is 2.19. The van der Waals surface area contributed by atoms with Crippen LogP contribution in [-0.2, 0) is 17.6 Å². The Kier molecular flexibility index (Phi) is 4.62. The molecule has 0 aliphatic heterocycles. The molecule has 16 heavy (non-hydrogen) atoms. The van der Waals surface area contributed by atoms with Crippen molar-refractivity contribution in [3.05, 3.63) is 29.6 Å². The lowest BCUT2D eigenvalue weighted by Crippen LogP contribution is -2.27. The minimum Gasteiger partial charge on any atom is -0.385 e. The number of nitrogens with zero attached hydrogens (tertiary/aromatic N) is 1. The van der Waals surface area contributed by atoms with Gasteiger partial charge in [0.1, 0.15) is 6.10 Å². The molecule has 3 nitrogen and oxygen atoms in total. The molecule has 1 aromatic heterocycles. The number of aromatic nitrogens is 1. The van der Waals surface area contributed by atoms with Gasteiger partial charge in [0, 0.05) is 11.9 Å². The van der Waals surface area contributed by atoms with E-state index in [2.05, 4.69) is 11.9 Å². The molecule has 0 spiro atoms. The molecule has 0 bridgehead atoms. The number of carbonyl (C=O) groups is 1. The van der Waals surface area contributed by atoms with Crippen LogP contribution in [0.15, 0.2) is 18.3 Å². The highest BCUT2D eigenvalue weighted by Crippen LogP contribution is 2.07. The van der Waals surface area contributed by atoms with Crippen molar-refractivity contribution in [2.24, 2.45) is 5.92 Å². The van der Waals surface area contributed by atoms with Crippen LogP contribution in [0.5, 0.6) is 0 Å². The Morgan fingerprint density at radius 2 is 2.12 bits per heavy atom. The van der Waals surface area contributed by atoms with Crippen LogP contribution in [0.4, 0.5) is 0 Å². The third-order valence-corrected chi connectivity index (χ3v) is 2.61. The predicted molar refractivity (Wildman–Crippen MR) is 63.2 cm³/mol. The van der Waals surface area contributed by atoms with Crippen molar-refractivity contribution in [3.63, 3.8) is 0 Å². The zero-order valence-corrected chi connectivity index (χ0v) is 10.1. The number of carbonyl (C=O) groups excluding carboxylic acids is 1. The summed E-state index contributed by atoms with van der Waals surface area (Å²) in [5.74, 6) is -0.200. The number of aryl methyl sites for hydroxylation is 1. The minimum absolute atomic E-state index is 0.0394. The van der Waals surface area contributed by atoms with Gasteiger partial charge in [-0.3, -0.25) is 9.78 Å². The molecule has 1 atom stereocenters. The van der Waals surface area contributed by atoms with E-state index < -0.39 is 6.10 Å². The van der Waals surface area contributed by atoms with Crippen LogP contribution in [0.25, 0.3) is 0 Å². The molecular weight excluding hydrogens is 202 g/mol. The summed E-state index contributed by atoms with van der Waals surface area (Å²) in [4.78, 5) is 15.8. The third-order valence-electron chi connectivity index (χ3n) is 2.61. The van der Waals surface area contributed by atoms with Crippen molar-refractivity contribution in [2.75, 3.05) is 0 Å². The molecule has 1 heterocycles. The summed E-state index contributed by atoms with van der Waals surface area (Å²) in [6.07, 6.45) is 2.05. The van der Waals surface area contributed by atoms with E-state index in [-0.39, 0.29) is 18.1 Å². The maximum Gasteiger partial charge on any atom is 0.167 e. The predicted octanol–water partition coefficient (Wildman–Crippen LogP) is 1.77. The molecule has 3 heteroatoms. The molecule has 0 radical (unpaired) electrons. The lowest BCUT2D eigenvalue weighted by Gasteiger charge is -2.12. The molecule has 1 unspecified atom stereocenters. The first-order chi connectivity index (χ1) is 7.54. The Bertz CT molecular complexity index is 343. The molecule has 88 valence electrons. The monoisotopic (exact) mass is 221 g/mol. The number of hydrogen-bond donors (Lipinski definition) is 1. The van der Waals surface area contributed by atoms with Crippen molar-refractivity contribution in [2.45, 2.75) is 39.7 Å². The van der Waals surface area contributed by atoms with Gasteiger partial charge < -0.3 is 5.11 Å². The topological polar surface area (TPSA) is 50.2 Å². The summed E-state index contributed by atoms with van der Waals surface area (Å²) in [5.41, 5.74) is 1.88. The molecule has 0 aliphatic carbocycles. The molecule has 0 fully saturated rings. The Morgan fingerprint density at radius 3 is 2.56 bits per heavy atom. The maximum absolute atomic E-state index is 11.6. The van der Waals surface area contributed by atoms with Gasteiger partial charge in [0.2, 0.25) is 0 Å². The minimum atomic E-state index is -0.882. The van der Waals surface area contributed by atoms with E-state index in [9.17, 15) is 9.90 Å². The number of Topliss-reactive ketones (excluding diaryl/α,β-unsaturated/α-hetero) is 1. The van der Waals surface area contributed by atoms with Gasteiger partial charge in [-0.1, -0.05) is 26.8 Å². The van der Waals surface area contributed by atoms with Gasteiger partial charge in [-0.15, -0.1) is 0 Å². The number of ketones is 1. The second-order valence-electron chi connectivity index (χ2n) is 4.34. The van der Waals surface area contributed by atoms with Crippen LogP contribution < -0.4 is 0 Å². The molecule has 1 aromatic rings. The Labute approximate surface area is 96.5 Å². The van der Waals surface area contributed by atoms with Crippen LogP contribution in [0.3, 0.4) is 0 Å². The van der Waals surface area contributed by atoms with E-state index in [1.807, 2.05) is 26.0 Å². The van der Waals surface area contributed by atoms with Gasteiger partial charge in [-0.05, 0) is 24.0 Å². The van der Waals surface area contributed by atoms with E-state index in [0.717, 1.165) is 17.7 Å². The van der Waals surface area contributed by atoms with Gasteiger partial charge >= 0.3 is 0 Å². The summed E-state index contributed by atoms with van der Waals surface area (Å²) >= 11 is 0. The summed E-state index contributed by atoms with van der Waals surface area (Å²) in [5, 5.41) is 9.58. The highest BCUT2D eigenvalue weighted by molar-refractivity contribution is 5.84. The summed E-state index contributed by atoms with van der Waals surface area (Å²) < 4.78 is 0. The second-order valence-corrected chi connectivity index (χ2v) is 4.34. The number of aliphatic hydroxyl groups is 1. The van der Waals surface area contributed by atoms with Crippen molar-refractivity contribution in [1.29, 1.82) is 0 Å². The van der Waals surface area contributed by atoms with E-state index in [0.29, 0.717) is 0 Å². The van der Waals surface area contributed by atoms with Gasteiger partial charge in [0.05, 0.1) is 6.42 Å². The third kappa shape index (κ3) is 3.42. The normalized spacial score (nSPS) is 12.8. The number of rotatable bonds is 5. The number of aliphatic hydroxyl groups excluding tert-OH is 1. The number of hydrogen-bond acceptors (Lipinski definition) is 3. The molecule has 1 rings (SSSR count). The zero-order chi connectivity index (χ0) is 12.1. The summed E-state index contributed by atoms with van der Waals surface area (Å²) in [7, 11) is 0. The molecule has 0 saturated carbocycles. The summed E-state index contributed by atoms with van der Waals surface area (Å²) in [6.45, 7) is 5.72. The van der Waals surface area contributed by atoms with Crippen LogP contribution in [0, 0.1) is 5.92 Å². The Morgan fingerprint density at radius 1 is 1.44 bits per heavy atom. The van der Waals surface area contributed by atoms with Gasteiger partial charge in [0.25, 0.3) is 0 Å². The Balaban J connectivity index is 2.62. The fraction of sp³-hybridized carbons (Fsp3) is 0.538. The average molecular weight is 221 g/mol. The van der Waals surface area contributed by atoms with Gasteiger partial charge in [-0.25, -0.2) is 0 Å². The van der Waals surface area contributed by atoms with Crippen molar-refractivity contribution >= 4 is 5.78 Å². The van der Waals surface area contributed by atoms with Crippen LogP contribution in [-0.4, -0.2) is 22.0 Å². The summed E-state index contributed by atoms with van der Waals surface area (Å²) in [6, 6.07) is 3.82. The first-order valence-electron chi connectivity index (χ1n) is 5.69.